The zero-order valence-electron chi connectivity index (χ0n) is 10.5. The molecule has 0 heterocycles. The smallest absolute Gasteiger partial charge is 0.378 e. The summed E-state index contributed by atoms with van der Waals surface area (Å²) in [6, 6.07) is 3.93. The van der Waals surface area contributed by atoms with Crippen LogP contribution in [0.5, 0.6) is 0 Å². The van der Waals surface area contributed by atoms with Crippen molar-refractivity contribution >= 4 is 21.6 Å². The Labute approximate surface area is 118 Å². The first-order valence-corrected chi connectivity index (χ1v) is 6.90. The van der Waals surface area contributed by atoms with Gasteiger partial charge in [-0.1, -0.05) is 15.9 Å². The molecule has 1 aromatic carbocycles. The van der Waals surface area contributed by atoms with Crippen LogP contribution in [-0.2, 0) is 6.18 Å². The van der Waals surface area contributed by atoms with Gasteiger partial charge >= 0.3 is 6.18 Å². The highest BCUT2D eigenvalue weighted by Crippen LogP contribution is 2.43. The van der Waals surface area contributed by atoms with Crippen LogP contribution >= 0.6 is 15.9 Å². The first kappa shape index (κ1) is 14.7. The number of anilines is 1. The Hall–Kier alpha value is -0.750. The number of benzene rings is 1. The van der Waals surface area contributed by atoms with Crippen molar-refractivity contribution < 1.29 is 13.2 Å². The quantitative estimate of drug-likeness (QED) is 0.871. The SMILES string of the molecule is CC(CN)(Nc1cc(Br)ccc1C(F)(F)F)C1CC1. The van der Waals surface area contributed by atoms with E-state index in [2.05, 4.69) is 21.2 Å². The number of nitrogens with one attached hydrogen (secondary N) is 1. The van der Waals surface area contributed by atoms with E-state index in [0.29, 0.717) is 16.9 Å². The standard InChI is InChI=1S/C13H16BrF3N2/c1-12(7-18,8-2-3-8)19-11-6-9(14)4-5-10(11)13(15,16)17/h4-6,8,19H,2-3,7,18H2,1H3. The van der Waals surface area contributed by atoms with Gasteiger partial charge in [-0.25, -0.2) is 0 Å². The van der Waals surface area contributed by atoms with Crippen molar-refractivity contribution in [2.45, 2.75) is 31.5 Å². The molecule has 0 spiro atoms. The molecule has 0 aromatic heterocycles. The van der Waals surface area contributed by atoms with Crippen LogP contribution in [0.25, 0.3) is 0 Å². The highest BCUT2D eigenvalue weighted by Gasteiger charge is 2.42. The number of rotatable bonds is 4. The maximum atomic E-state index is 13.0. The normalized spacial score (nSPS) is 19.1. The largest absolute Gasteiger partial charge is 0.418 e. The van der Waals surface area contributed by atoms with Crippen LogP contribution in [0.3, 0.4) is 0 Å². The van der Waals surface area contributed by atoms with E-state index >= 15 is 0 Å². The second-order valence-electron chi connectivity index (χ2n) is 5.21. The Balaban J connectivity index is 2.35. The molecule has 0 aliphatic heterocycles. The summed E-state index contributed by atoms with van der Waals surface area (Å²) in [6.45, 7) is 2.19. The monoisotopic (exact) mass is 336 g/mol. The fraction of sp³-hybridized carbons (Fsp3) is 0.538. The number of hydrogen-bond donors (Lipinski definition) is 2. The summed E-state index contributed by atoms with van der Waals surface area (Å²) in [5.41, 5.74) is 4.68. The Kier molecular flexibility index (Phi) is 3.84. The van der Waals surface area contributed by atoms with Gasteiger partial charge in [0, 0.05) is 22.2 Å². The van der Waals surface area contributed by atoms with Crippen molar-refractivity contribution in [2.75, 3.05) is 11.9 Å². The Morgan fingerprint density at radius 3 is 2.47 bits per heavy atom. The fourth-order valence-corrected chi connectivity index (χ4v) is 2.58. The summed E-state index contributed by atoms with van der Waals surface area (Å²) in [4.78, 5) is 0. The third kappa shape index (κ3) is 3.23. The van der Waals surface area contributed by atoms with E-state index in [-0.39, 0.29) is 5.69 Å². The van der Waals surface area contributed by atoms with Gasteiger partial charge in [-0.05, 0) is 43.9 Å². The Morgan fingerprint density at radius 1 is 1.37 bits per heavy atom. The minimum atomic E-state index is -4.37. The van der Waals surface area contributed by atoms with Crippen LogP contribution in [-0.4, -0.2) is 12.1 Å². The van der Waals surface area contributed by atoms with E-state index in [4.69, 9.17) is 5.73 Å². The molecular formula is C13H16BrF3N2. The van der Waals surface area contributed by atoms with Gasteiger partial charge in [0.15, 0.2) is 0 Å². The molecule has 1 aliphatic rings. The van der Waals surface area contributed by atoms with Crippen LogP contribution in [0.2, 0.25) is 0 Å². The zero-order chi connectivity index (χ0) is 14.3. The van der Waals surface area contributed by atoms with Crippen molar-refractivity contribution in [3.05, 3.63) is 28.2 Å². The molecule has 1 atom stereocenters. The Bertz CT molecular complexity index is 471. The molecule has 0 bridgehead atoms. The average molecular weight is 337 g/mol. The lowest BCUT2D eigenvalue weighted by Gasteiger charge is -2.32. The van der Waals surface area contributed by atoms with E-state index in [1.54, 1.807) is 0 Å². The van der Waals surface area contributed by atoms with Crippen LogP contribution in [0.4, 0.5) is 18.9 Å². The minimum Gasteiger partial charge on any atom is -0.378 e. The zero-order valence-corrected chi connectivity index (χ0v) is 12.1. The van der Waals surface area contributed by atoms with Crippen molar-refractivity contribution in [3.63, 3.8) is 0 Å². The van der Waals surface area contributed by atoms with E-state index in [1.807, 2.05) is 6.92 Å². The molecule has 1 aromatic rings. The molecule has 0 saturated heterocycles. The lowest BCUT2D eigenvalue weighted by Crippen LogP contribution is -2.45. The van der Waals surface area contributed by atoms with Crippen molar-refractivity contribution in [1.82, 2.24) is 0 Å². The number of alkyl halides is 3. The van der Waals surface area contributed by atoms with Crippen LogP contribution in [0.15, 0.2) is 22.7 Å². The average Bonchev–Trinajstić information content (AvgIpc) is 3.11. The number of nitrogens with two attached hydrogens (primary N) is 1. The molecular weight excluding hydrogens is 321 g/mol. The first-order valence-electron chi connectivity index (χ1n) is 6.11. The molecule has 2 rings (SSSR count). The van der Waals surface area contributed by atoms with Crippen molar-refractivity contribution in [1.29, 1.82) is 0 Å². The lowest BCUT2D eigenvalue weighted by molar-refractivity contribution is -0.137. The van der Waals surface area contributed by atoms with Gasteiger partial charge in [-0.2, -0.15) is 13.2 Å². The highest BCUT2D eigenvalue weighted by atomic mass is 79.9. The summed E-state index contributed by atoms with van der Waals surface area (Å²) in [6.07, 6.45) is -2.35. The molecule has 19 heavy (non-hydrogen) atoms. The van der Waals surface area contributed by atoms with Crippen molar-refractivity contribution in [3.8, 4) is 0 Å². The summed E-state index contributed by atoms with van der Waals surface area (Å²) in [7, 11) is 0. The van der Waals surface area contributed by atoms with Gasteiger partial charge in [0.1, 0.15) is 0 Å². The molecule has 106 valence electrons. The molecule has 1 unspecified atom stereocenters. The maximum Gasteiger partial charge on any atom is 0.418 e. The van der Waals surface area contributed by atoms with Crippen LogP contribution in [0.1, 0.15) is 25.3 Å². The summed E-state index contributed by atoms with van der Waals surface area (Å²) in [5.74, 6) is 0.345. The Morgan fingerprint density at radius 2 is 2.00 bits per heavy atom. The number of halogens is 4. The van der Waals surface area contributed by atoms with E-state index in [1.165, 1.54) is 12.1 Å². The molecule has 0 amide bonds. The van der Waals surface area contributed by atoms with Gasteiger partial charge in [-0.3, -0.25) is 0 Å². The molecule has 0 radical (unpaired) electrons. The highest BCUT2D eigenvalue weighted by molar-refractivity contribution is 9.10. The van der Waals surface area contributed by atoms with Gasteiger partial charge in [0.2, 0.25) is 0 Å². The van der Waals surface area contributed by atoms with E-state index in [0.717, 1.165) is 18.9 Å². The van der Waals surface area contributed by atoms with Gasteiger partial charge in [-0.15, -0.1) is 0 Å². The first-order chi connectivity index (χ1) is 8.76. The third-order valence-corrected chi connectivity index (χ3v) is 4.10. The summed E-state index contributed by atoms with van der Waals surface area (Å²) >= 11 is 3.21. The van der Waals surface area contributed by atoms with Gasteiger partial charge < -0.3 is 11.1 Å². The predicted molar refractivity (Wildman–Crippen MR) is 73.0 cm³/mol. The molecule has 1 aliphatic carbocycles. The van der Waals surface area contributed by atoms with Crippen molar-refractivity contribution in [2.24, 2.45) is 11.7 Å². The lowest BCUT2D eigenvalue weighted by atomic mass is 9.95. The number of hydrogen-bond acceptors (Lipinski definition) is 2. The summed E-state index contributed by atoms with van der Waals surface area (Å²) in [5, 5.41) is 3.01. The van der Waals surface area contributed by atoms with Crippen LogP contribution in [0, 0.1) is 5.92 Å². The van der Waals surface area contributed by atoms with Gasteiger partial charge in [0.05, 0.1) is 5.56 Å². The predicted octanol–water partition coefficient (Wildman–Crippen LogP) is 4.01. The molecule has 1 fully saturated rings. The molecule has 3 N–H and O–H groups in total. The maximum absolute atomic E-state index is 13.0. The molecule has 6 heteroatoms. The second kappa shape index (κ2) is 4.98. The van der Waals surface area contributed by atoms with E-state index in [9.17, 15) is 13.2 Å². The summed E-state index contributed by atoms with van der Waals surface area (Å²) < 4.78 is 39.6. The fourth-order valence-electron chi connectivity index (χ4n) is 2.21. The third-order valence-electron chi connectivity index (χ3n) is 3.61. The topological polar surface area (TPSA) is 38.0 Å². The second-order valence-corrected chi connectivity index (χ2v) is 6.12. The molecule has 1 saturated carbocycles. The van der Waals surface area contributed by atoms with E-state index < -0.39 is 17.3 Å². The minimum absolute atomic E-state index is 0.0849. The molecule has 2 nitrogen and oxygen atoms in total. The van der Waals surface area contributed by atoms with Crippen LogP contribution < -0.4 is 11.1 Å². The van der Waals surface area contributed by atoms with Gasteiger partial charge in [0.25, 0.3) is 0 Å².